The minimum Gasteiger partial charge on any atom is -0.462 e. The van der Waals surface area contributed by atoms with Crippen LogP contribution in [0.4, 0.5) is 0 Å². The fourth-order valence-electron chi connectivity index (χ4n) is 3.77. The fourth-order valence-corrected chi connectivity index (χ4v) is 4.94. The summed E-state index contributed by atoms with van der Waals surface area (Å²) in [5, 5.41) is 7.61. The minimum atomic E-state index is -4.36. The average Bonchev–Trinajstić information content (AvgIpc) is 2.73. The molecule has 2 aromatic carbocycles. The minimum absolute atomic E-state index is 0.0807. The molecule has 0 aliphatic rings. The number of aromatic nitrogens is 3. The molecule has 3 rings (SSSR count). The van der Waals surface area contributed by atoms with Crippen molar-refractivity contribution in [2.24, 2.45) is 11.3 Å². The van der Waals surface area contributed by atoms with Gasteiger partial charge in [-0.3, -0.25) is 4.79 Å². The lowest BCUT2D eigenvalue weighted by Crippen LogP contribution is -2.31. The molecule has 0 fully saturated rings. The highest BCUT2D eigenvalue weighted by Gasteiger charge is 2.23. The molecule has 1 heterocycles. The van der Waals surface area contributed by atoms with Crippen molar-refractivity contribution in [1.82, 2.24) is 14.4 Å². The Labute approximate surface area is 193 Å². The summed E-state index contributed by atoms with van der Waals surface area (Å²) >= 11 is 0. The van der Waals surface area contributed by atoms with E-state index in [0.29, 0.717) is 21.9 Å². The van der Waals surface area contributed by atoms with Crippen molar-refractivity contribution in [2.45, 2.75) is 52.4 Å². The van der Waals surface area contributed by atoms with Crippen LogP contribution in [0.3, 0.4) is 0 Å². The van der Waals surface area contributed by atoms with E-state index in [1.54, 1.807) is 25.1 Å². The van der Waals surface area contributed by atoms with Gasteiger partial charge in [0.2, 0.25) is 0 Å². The van der Waals surface area contributed by atoms with Crippen molar-refractivity contribution in [3.63, 3.8) is 0 Å². The maximum absolute atomic E-state index is 13.1. The van der Waals surface area contributed by atoms with Gasteiger partial charge in [0.15, 0.2) is 0 Å². The molecule has 1 aromatic heterocycles. The third-order valence-corrected chi connectivity index (χ3v) is 6.73. The van der Waals surface area contributed by atoms with Gasteiger partial charge in [-0.25, -0.2) is 4.79 Å². The molecule has 1 unspecified atom stereocenters. The first-order chi connectivity index (χ1) is 15.4. The van der Waals surface area contributed by atoms with Crippen LogP contribution < -0.4 is 5.56 Å². The van der Waals surface area contributed by atoms with Gasteiger partial charge >= 0.3 is 5.97 Å². The lowest BCUT2D eigenvalue weighted by Gasteiger charge is -2.23. The Morgan fingerprint density at radius 3 is 2.58 bits per heavy atom. The SMILES string of the molecule is Cc1ccc2nnn(S(=O)(=O)c3cccc(C(=O)OCCC(C)CC(C)(C)C)c3)c(=O)c2c1. The average molecular weight is 472 g/mol. The van der Waals surface area contributed by atoms with E-state index in [4.69, 9.17) is 4.74 Å². The van der Waals surface area contributed by atoms with Gasteiger partial charge in [0.1, 0.15) is 5.52 Å². The molecule has 3 aromatic rings. The number of nitrogens with zero attached hydrogens (tertiary/aromatic N) is 3. The highest BCUT2D eigenvalue weighted by Crippen LogP contribution is 2.26. The molecular weight excluding hydrogens is 442 g/mol. The normalized spacial score (nSPS) is 13.1. The van der Waals surface area contributed by atoms with Gasteiger partial charge in [-0.1, -0.05) is 49.5 Å². The first-order valence-electron chi connectivity index (χ1n) is 10.8. The molecule has 0 spiro atoms. The first-order valence-corrected chi connectivity index (χ1v) is 12.2. The predicted octanol–water partition coefficient (Wildman–Crippen LogP) is 3.96. The summed E-state index contributed by atoms with van der Waals surface area (Å²) in [5.41, 5.74) is 0.559. The summed E-state index contributed by atoms with van der Waals surface area (Å²) in [6.45, 7) is 10.6. The van der Waals surface area contributed by atoms with E-state index in [1.165, 1.54) is 24.3 Å². The quantitative estimate of drug-likeness (QED) is 0.480. The molecule has 0 saturated heterocycles. The van der Waals surface area contributed by atoms with Gasteiger partial charge in [-0.15, -0.1) is 5.10 Å². The van der Waals surface area contributed by atoms with E-state index < -0.39 is 21.6 Å². The van der Waals surface area contributed by atoms with Crippen LogP contribution in [-0.4, -0.2) is 35.4 Å². The largest absolute Gasteiger partial charge is 0.462 e. The molecule has 9 heteroatoms. The third kappa shape index (κ3) is 5.84. The number of rotatable bonds is 7. The zero-order valence-corrected chi connectivity index (χ0v) is 20.3. The zero-order valence-electron chi connectivity index (χ0n) is 19.5. The number of carbonyl (C=O) groups is 1. The predicted molar refractivity (Wildman–Crippen MR) is 126 cm³/mol. The summed E-state index contributed by atoms with van der Waals surface area (Å²) in [6, 6.07) is 10.3. The lowest BCUT2D eigenvalue weighted by molar-refractivity contribution is 0.0478. The lowest BCUT2D eigenvalue weighted by atomic mass is 9.84. The molecule has 0 N–H and O–H groups in total. The standard InChI is InChI=1S/C24H29N3O5S/c1-16-9-10-21-20(13-16)22(28)27(26-25-21)33(30,31)19-8-6-7-18(14-19)23(29)32-12-11-17(2)15-24(3,4)5/h6-10,13-14,17H,11-12,15H2,1-5H3. The number of ether oxygens (including phenoxy) is 1. The number of fused-ring (bicyclic) bond motifs is 1. The number of hydrogen-bond acceptors (Lipinski definition) is 7. The second-order valence-corrected chi connectivity index (χ2v) is 11.4. The van der Waals surface area contributed by atoms with Crippen molar-refractivity contribution in [1.29, 1.82) is 0 Å². The Morgan fingerprint density at radius 1 is 1.15 bits per heavy atom. The number of carbonyl (C=O) groups excluding carboxylic acids is 1. The van der Waals surface area contributed by atoms with E-state index in [0.717, 1.165) is 12.0 Å². The summed E-state index contributed by atoms with van der Waals surface area (Å²) in [6.07, 6.45) is 1.71. The zero-order chi connectivity index (χ0) is 24.4. The molecule has 1 atom stereocenters. The smallest absolute Gasteiger partial charge is 0.338 e. The van der Waals surface area contributed by atoms with Crippen LogP contribution in [0.5, 0.6) is 0 Å². The van der Waals surface area contributed by atoms with E-state index >= 15 is 0 Å². The summed E-state index contributed by atoms with van der Waals surface area (Å²) in [4.78, 5) is 25.1. The van der Waals surface area contributed by atoms with Gasteiger partial charge in [0.25, 0.3) is 15.6 Å². The topological polar surface area (TPSA) is 108 Å². The van der Waals surface area contributed by atoms with E-state index in [2.05, 4.69) is 38.0 Å². The highest BCUT2D eigenvalue weighted by atomic mass is 32.2. The van der Waals surface area contributed by atoms with Gasteiger partial charge in [0.05, 0.1) is 22.5 Å². The Morgan fingerprint density at radius 2 is 1.88 bits per heavy atom. The molecule has 0 amide bonds. The van der Waals surface area contributed by atoms with Crippen LogP contribution in [0.1, 0.15) is 56.5 Å². The molecular formula is C24H29N3O5S. The molecule has 8 nitrogen and oxygen atoms in total. The van der Waals surface area contributed by atoms with Crippen LogP contribution in [0.25, 0.3) is 10.9 Å². The number of benzene rings is 2. The van der Waals surface area contributed by atoms with Gasteiger partial charge in [0, 0.05) is 0 Å². The third-order valence-electron chi connectivity index (χ3n) is 5.19. The van der Waals surface area contributed by atoms with Gasteiger partial charge in [-0.05, 0) is 66.6 Å². The van der Waals surface area contributed by atoms with Crippen molar-refractivity contribution >= 4 is 26.9 Å². The summed E-state index contributed by atoms with van der Waals surface area (Å²) in [5.74, 6) is -0.242. The van der Waals surface area contributed by atoms with Crippen molar-refractivity contribution < 1.29 is 17.9 Å². The molecule has 0 aliphatic heterocycles. The number of hydrogen-bond donors (Lipinski definition) is 0. The molecule has 0 bridgehead atoms. The summed E-state index contributed by atoms with van der Waals surface area (Å²) in [7, 11) is -4.36. The monoisotopic (exact) mass is 471 g/mol. The van der Waals surface area contributed by atoms with Crippen molar-refractivity contribution in [2.75, 3.05) is 6.61 Å². The first kappa shape index (κ1) is 24.6. The Balaban J connectivity index is 1.81. The Kier molecular flexibility index (Phi) is 7.02. The van der Waals surface area contributed by atoms with Crippen LogP contribution in [-0.2, 0) is 14.8 Å². The van der Waals surface area contributed by atoms with Gasteiger partial charge < -0.3 is 4.74 Å². The molecule has 0 radical (unpaired) electrons. The number of aryl methyl sites for hydroxylation is 1. The Hall–Kier alpha value is -3.07. The van der Waals surface area contributed by atoms with Crippen LogP contribution in [0.2, 0.25) is 0 Å². The fraction of sp³-hybridized carbons (Fsp3) is 0.417. The number of esters is 1. The van der Waals surface area contributed by atoms with Crippen LogP contribution >= 0.6 is 0 Å². The highest BCUT2D eigenvalue weighted by molar-refractivity contribution is 7.89. The second kappa shape index (κ2) is 9.43. The second-order valence-electron chi connectivity index (χ2n) is 9.59. The van der Waals surface area contributed by atoms with E-state index in [-0.39, 0.29) is 27.9 Å². The Bertz CT molecular complexity index is 1340. The van der Waals surface area contributed by atoms with Crippen LogP contribution in [0, 0.1) is 18.3 Å². The maximum Gasteiger partial charge on any atom is 0.338 e. The molecule has 176 valence electrons. The molecule has 33 heavy (non-hydrogen) atoms. The maximum atomic E-state index is 13.1. The molecule has 0 saturated carbocycles. The van der Waals surface area contributed by atoms with Crippen LogP contribution in [0.15, 0.2) is 52.2 Å². The summed E-state index contributed by atoms with van der Waals surface area (Å²) < 4.78 is 31.9. The van der Waals surface area contributed by atoms with E-state index in [9.17, 15) is 18.0 Å². The van der Waals surface area contributed by atoms with Gasteiger partial charge in [-0.2, -0.15) is 8.42 Å². The van der Waals surface area contributed by atoms with Crippen molar-refractivity contribution in [3.8, 4) is 0 Å². The molecule has 0 aliphatic carbocycles. The van der Waals surface area contributed by atoms with E-state index in [1.807, 2.05) is 0 Å². The van der Waals surface area contributed by atoms with Crippen molar-refractivity contribution in [3.05, 3.63) is 63.9 Å².